The minimum atomic E-state index is -0.970. The number of fused-ring (bicyclic) bond motifs is 1. The van der Waals surface area contributed by atoms with Crippen LogP contribution in [0.2, 0.25) is 0 Å². The molecule has 0 radical (unpaired) electrons. The molecule has 0 spiro atoms. The lowest BCUT2D eigenvalue weighted by Gasteiger charge is -2.19. The Balaban J connectivity index is 1.53. The van der Waals surface area contributed by atoms with Crippen LogP contribution in [0.15, 0.2) is 60.0 Å². The fourth-order valence-electron chi connectivity index (χ4n) is 3.23. The zero-order valence-electron chi connectivity index (χ0n) is 14.5. The van der Waals surface area contributed by atoms with Gasteiger partial charge in [-0.25, -0.2) is 0 Å². The summed E-state index contributed by atoms with van der Waals surface area (Å²) in [7, 11) is -0.970. The predicted molar refractivity (Wildman–Crippen MR) is 106 cm³/mol. The Morgan fingerprint density at radius 2 is 1.92 bits per heavy atom. The average Bonchev–Trinajstić information content (AvgIpc) is 3.22. The second-order valence-electron chi connectivity index (χ2n) is 6.79. The molecule has 1 aliphatic rings. The molecular weight excluding hydrogens is 345 g/mol. The van der Waals surface area contributed by atoms with Crippen LogP contribution < -0.4 is 10.8 Å². The van der Waals surface area contributed by atoms with Gasteiger partial charge in [0.2, 0.25) is 0 Å². The van der Waals surface area contributed by atoms with E-state index in [4.69, 9.17) is 4.65 Å². The van der Waals surface area contributed by atoms with E-state index in [9.17, 15) is 9.82 Å². The second-order valence-corrected chi connectivity index (χ2v) is 7.74. The Bertz CT molecular complexity index is 952. The van der Waals surface area contributed by atoms with Crippen molar-refractivity contribution in [3.8, 4) is 10.4 Å². The van der Waals surface area contributed by atoms with Gasteiger partial charge in [0.15, 0.2) is 0 Å². The lowest BCUT2D eigenvalue weighted by atomic mass is 9.78. The van der Waals surface area contributed by atoms with E-state index in [1.54, 1.807) is 17.4 Å². The molecule has 0 fully saturated rings. The summed E-state index contributed by atoms with van der Waals surface area (Å²) in [5.74, 6) is -0.185. The summed E-state index contributed by atoms with van der Waals surface area (Å²) >= 11 is 1.67. The first kappa shape index (κ1) is 17.0. The SMILES string of the molecule is CC1(C)OB(O)c2cc(NC(=O)c3ccc(-c4cccs4)cc3)ccc21. The molecule has 1 aliphatic heterocycles. The highest BCUT2D eigenvalue weighted by molar-refractivity contribution is 7.13. The van der Waals surface area contributed by atoms with Crippen LogP contribution >= 0.6 is 11.3 Å². The van der Waals surface area contributed by atoms with Gasteiger partial charge in [-0.3, -0.25) is 4.79 Å². The Morgan fingerprint density at radius 3 is 2.62 bits per heavy atom. The third-order valence-corrected chi connectivity index (χ3v) is 5.50. The summed E-state index contributed by atoms with van der Waals surface area (Å²) in [4.78, 5) is 13.7. The summed E-state index contributed by atoms with van der Waals surface area (Å²) in [6.07, 6.45) is 0. The highest BCUT2D eigenvalue weighted by Gasteiger charge is 2.40. The van der Waals surface area contributed by atoms with E-state index in [1.807, 2.05) is 61.7 Å². The zero-order chi connectivity index (χ0) is 18.3. The maximum Gasteiger partial charge on any atom is 0.492 e. The Kier molecular flexibility index (Phi) is 4.19. The van der Waals surface area contributed by atoms with E-state index in [0.29, 0.717) is 16.7 Å². The molecule has 0 saturated heterocycles. The van der Waals surface area contributed by atoms with Gasteiger partial charge in [0.1, 0.15) is 0 Å². The molecule has 3 aromatic rings. The third-order valence-electron chi connectivity index (χ3n) is 4.58. The molecule has 0 atom stereocenters. The fraction of sp³-hybridized carbons (Fsp3) is 0.150. The molecule has 1 aromatic heterocycles. The summed E-state index contributed by atoms with van der Waals surface area (Å²) in [5, 5.41) is 15.0. The smallest absolute Gasteiger partial charge is 0.423 e. The van der Waals surface area contributed by atoms with Crippen molar-refractivity contribution in [2.75, 3.05) is 5.32 Å². The molecular formula is C20H18BNO3S. The van der Waals surface area contributed by atoms with Crippen molar-refractivity contribution in [1.82, 2.24) is 0 Å². The van der Waals surface area contributed by atoms with Crippen molar-refractivity contribution in [3.05, 3.63) is 71.1 Å². The minimum absolute atomic E-state index is 0.185. The number of hydrogen-bond donors (Lipinski definition) is 2. The van der Waals surface area contributed by atoms with Gasteiger partial charge >= 0.3 is 7.12 Å². The molecule has 1 amide bonds. The maximum absolute atomic E-state index is 12.5. The van der Waals surface area contributed by atoms with Crippen molar-refractivity contribution in [2.24, 2.45) is 0 Å². The highest BCUT2D eigenvalue weighted by atomic mass is 32.1. The van der Waals surface area contributed by atoms with E-state index in [0.717, 1.165) is 11.1 Å². The van der Waals surface area contributed by atoms with Crippen molar-refractivity contribution < 1.29 is 14.5 Å². The van der Waals surface area contributed by atoms with Crippen LogP contribution in [0.3, 0.4) is 0 Å². The van der Waals surface area contributed by atoms with Gasteiger partial charge in [-0.2, -0.15) is 0 Å². The molecule has 4 rings (SSSR count). The average molecular weight is 363 g/mol. The second kappa shape index (κ2) is 6.39. The monoisotopic (exact) mass is 363 g/mol. The Hall–Kier alpha value is -2.41. The molecule has 2 heterocycles. The van der Waals surface area contributed by atoms with E-state index in [1.165, 1.54) is 4.88 Å². The van der Waals surface area contributed by atoms with Crippen LogP contribution in [-0.2, 0) is 10.3 Å². The Labute approximate surface area is 156 Å². The normalized spacial score (nSPS) is 15.0. The molecule has 0 unspecified atom stereocenters. The summed E-state index contributed by atoms with van der Waals surface area (Å²) in [6, 6.07) is 17.1. The molecule has 130 valence electrons. The van der Waals surface area contributed by atoms with Crippen molar-refractivity contribution in [2.45, 2.75) is 19.4 Å². The number of rotatable bonds is 3. The number of carbonyl (C=O) groups is 1. The molecule has 26 heavy (non-hydrogen) atoms. The van der Waals surface area contributed by atoms with Crippen LogP contribution in [0.5, 0.6) is 0 Å². The zero-order valence-corrected chi connectivity index (χ0v) is 15.3. The van der Waals surface area contributed by atoms with Gasteiger partial charge < -0.3 is 15.0 Å². The molecule has 0 bridgehead atoms. The molecule has 2 aromatic carbocycles. The van der Waals surface area contributed by atoms with Crippen LogP contribution in [0, 0.1) is 0 Å². The van der Waals surface area contributed by atoms with Crippen molar-refractivity contribution in [1.29, 1.82) is 0 Å². The lowest BCUT2D eigenvalue weighted by Crippen LogP contribution is -2.29. The highest BCUT2D eigenvalue weighted by Crippen LogP contribution is 2.31. The third kappa shape index (κ3) is 3.07. The van der Waals surface area contributed by atoms with Gasteiger partial charge in [-0.1, -0.05) is 24.3 Å². The van der Waals surface area contributed by atoms with Crippen LogP contribution in [0.1, 0.15) is 29.8 Å². The molecule has 4 nitrogen and oxygen atoms in total. The number of benzene rings is 2. The van der Waals surface area contributed by atoms with Crippen molar-refractivity contribution >= 4 is 35.5 Å². The summed E-state index contributed by atoms with van der Waals surface area (Å²) < 4.78 is 5.56. The number of nitrogens with one attached hydrogen (secondary N) is 1. The summed E-state index contributed by atoms with van der Waals surface area (Å²) in [6.45, 7) is 3.82. The minimum Gasteiger partial charge on any atom is -0.423 e. The maximum atomic E-state index is 12.5. The largest absolute Gasteiger partial charge is 0.492 e. The predicted octanol–water partition coefficient (Wildman–Crippen LogP) is 3.62. The van der Waals surface area contributed by atoms with Gasteiger partial charge in [0, 0.05) is 16.1 Å². The van der Waals surface area contributed by atoms with E-state index in [-0.39, 0.29) is 5.91 Å². The van der Waals surface area contributed by atoms with Gasteiger partial charge in [0.05, 0.1) is 5.60 Å². The molecule has 0 saturated carbocycles. The van der Waals surface area contributed by atoms with Gasteiger partial charge in [-0.15, -0.1) is 11.3 Å². The first-order chi connectivity index (χ1) is 12.4. The standard InChI is InChI=1S/C20H18BNO3S/c1-20(2)16-10-9-15(12-17(16)21(24)25-20)22-19(23)14-7-5-13(6-8-14)18-4-3-11-26-18/h3-12,24H,1-2H3,(H,22,23). The number of anilines is 1. The number of hydrogen-bond acceptors (Lipinski definition) is 4. The molecule has 0 aliphatic carbocycles. The van der Waals surface area contributed by atoms with Crippen LogP contribution in [-0.4, -0.2) is 18.0 Å². The Morgan fingerprint density at radius 1 is 1.15 bits per heavy atom. The van der Waals surface area contributed by atoms with Crippen molar-refractivity contribution in [3.63, 3.8) is 0 Å². The fourth-order valence-corrected chi connectivity index (χ4v) is 3.96. The van der Waals surface area contributed by atoms with Crippen LogP contribution in [0.25, 0.3) is 10.4 Å². The van der Waals surface area contributed by atoms with Gasteiger partial charge in [-0.05, 0) is 66.1 Å². The number of carbonyl (C=O) groups excluding carboxylic acids is 1. The van der Waals surface area contributed by atoms with E-state index >= 15 is 0 Å². The van der Waals surface area contributed by atoms with E-state index in [2.05, 4.69) is 11.4 Å². The summed E-state index contributed by atoms with van der Waals surface area (Å²) in [5.41, 5.74) is 3.41. The quantitative estimate of drug-likeness (QED) is 0.699. The van der Waals surface area contributed by atoms with Crippen LogP contribution in [0.4, 0.5) is 5.69 Å². The first-order valence-electron chi connectivity index (χ1n) is 8.40. The molecule has 6 heteroatoms. The topological polar surface area (TPSA) is 58.6 Å². The van der Waals surface area contributed by atoms with E-state index < -0.39 is 12.7 Å². The number of thiophene rings is 1. The van der Waals surface area contributed by atoms with Gasteiger partial charge in [0.25, 0.3) is 5.91 Å². The lowest BCUT2D eigenvalue weighted by molar-refractivity contribution is 0.101. The number of amides is 1. The first-order valence-corrected chi connectivity index (χ1v) is 9.28. The molecule has 2 N–H and O–H groups in total.